The summed E-state index contributed by atoms with van der Waals surface area (Å²) >= 11 is 0. The van der Waals surface area contributed by atoms with Crippen molar-refractivity contribution in [1.82, 2.24) is 0 Å². The van der Waals surface area contributed by atoms with Crippen LogP contribution in [0, 0.1) is 5.92 Å². The molecule has 0 aliphatic carbocycles. The molecule has 1 heterocycles. The second kappa shape index (κ2) is 5.92. The summed E-state index contributed by atoms with van der Waals surface area (Å²) in [5, 5.41) is 9.13. The highest BCUT2D eigenvalue weighted by Gasteiger charge is 2.22. The molecule has 1 saturated heterocycles. The molecular weight excluding hydrogens is 262 g/mol. The normalized spacial score (nSPS) is 19.9. The van der Waals surface area contributed by atoms with Crippen LogP contribution < -0.4 is 4.90 Å². The van der Waals surface area contributed by atoms with E-state index in [1.165, 1.54) is 0 Å². The number of aliphatic hydroxyl groups excluding tert-OH is 1. The predicted octanol–water partition coefficient (Wildman–Crippen LogP) is 1.69. The van der Waals surface area contributed by atoms with E-state index in [1.807, 2.05) is 19.1 Å². The van der Waals surface area contributed by atoms with Gasteiger partial charge in [-0.05, 0) is 37.1 Å². The van der Waals surface area contributed by atoms with Crippen molar-refractivity contribution >= 4 is 15.5 Å². The van der Waals surface area contributed by atoms with E-state index < -0.39 is 9.84 Å². The van der Waals surface area contributed by atoms with Crippen LogP contribution in [0.3, 0.4) is 0 Å². The molecule has 0 saturated carbocycles. The lowest BCUT2D eigenvalue weighted by molar-refractivity contribution is 0.238. The number of sulfone groups is 1. The van der Waals surface area contributed by atoms with Crippen molar-refractivity contribution in [2.75, 3.05) is 30.3 Å². The van der Waals surface area contributed by atoms with Gasteiger partial charge in [0.15, 0.2) is 9.84 Å². The van der Waals surface area contributed by atoms with Crippen LogP contribution in [0.15, 0.2) is 29.2 Å². The quantitative estimate of drug-likeness (QED) is 0.893. The minimum atomic E-state index is -3.12. The molecule has 1 aliphatic rings. The fourth-order valence-electron chi connectivity index (χ4n) is 2.47. The number of benzene rings is 1. The third-order valence-corrected chi connectivity index (χ3v) is 5.51. The zero-order valence-corrected chi connectivity index (χ0v) is 12.1. The largest absolute Gasteiger partial charge is 0.396 e. The molecule has 0 bridgehead atoms. The third-order valence-electron chi connectivity index (χ3n) is 3.58. The number of hydrogen-bond acceptors (Lipinski definition) is 4. The van der Waals surface area contributed by atoms with Gasteiger partial charge in [-0.2, -0.15) is 0 Å². The van der Waals surface area contributed by atoms with Crippen molar-refractivity contribution in [2.24, 2.45) is 5.92 Å². The molecule has 4 nitrogen and oxygen atoms in total. The van der Waals surface area contributed by atoms with Gasteiger partial charge in [0.05, 0.1) is 10.6 Å². The van der Waals surface area contributed by atoms with Crippen molar-refractivity contribution in [3.05, 3.63) is 24.3 Å². The van der Waals surface area contributed by atoms with Crippen LogP contribution in [0.5, 0.6) is 0 Å². The topological polar surface area (TPSA) is 57.6 Å². The summed E-state index contributed by atoms with van der Waals surface area (Å²) in [7, 11) is -3.12. The van der Waals surface area contributed by atoms with Crippen molar-refractivity contribution < 1.29 is 13.5 Å². The van der Waals surface area contributed by atoms with E-state index >= 15 is 0 Å². The average molecular weight is 283 g/mol. The summed E-state index contributed by atoms with van der Waals surface area (Å²) in [5.41, 5.74) is 1.03. The lowest BCUT2D eigenvalue weighted by Crippen LogP contribution is -2.20. The summed E-state index contributed by atoms with van der Waals surface area (Å²) in [6, 6.07) is 7.10. The molecule has 1 atom stereocenters. The molecule has 19 heavy (non-hydrogen) atoms. The van der Waals surface area contributed by atoms with E-state index in [-0.39, 0.29) is 12.4 Å². The summed E-state index contributed by atoms with van der Waals surface area (Å²) in [6.45, 7) is 3.86. The van der Waals surface area contributed by atoms with Crippen LogP contribution in [0.4, 0.5) is 5.69 Å². The van der Waals surface area contributed by atoms with E-state index in [0.29, 0.717) is 17.2 Å². The predicted molar refractivity (Wildman–Crippen MR) is 76.2 cm³/mol. The Kier molecular flexibility index (Phi) is 4.47. The average Bonchev–Trinajstić information content (AvgIpc) is 2.87. The first-order valence-electron chi connectivity index (χ1n) is 6.75. The van der Waals surface area contributed by atoms with Crippen LogP contribution in [-0.2, 0) is 9.84 Å². The smallest absolute Gasteiger partial charge is 0.178 e. The molecule has 5 heteroatoms. The zero-order chi connectivity index (χ0) is 13.9. The molecule has 0 spiro atoms. The van der Waals surface area contributed by atoms with Crippen molar-refractivity contribution in [2.45, 2.75) is 24.7 Å². The van der Waals surface area contributed by atoms with E-state index in [4.69, 9.17) is 5.11 Å². The van der Waals surface area contributed by atoms with Gasteiger partial charge in [0.2, 0.25) is 0 Å². The lowest BCUT2D eigenvalue weighted by Gasteiger charge is -2.18. The maximum Gasteiger partial charge on any atom is 0.178 e. The van der Waals surface area contributed by atoms with Gasteiger partial charge in [-0.25, -0.2) is 8.42 Å². The summed E-state index contributed by atoms with van der Waals surface area (Å²) in [4.78, 5) is 2.59. The first kappa shape index (κ1) is 14.3. The van der Waals surface area contributed by atoms with Crippen LogP contribution in [0.25, 0.3) is 0 Å². The van der Waals surface area contributed by atoms with Crippen molar-refractivity contribution in [3.63, 3.8) is 0 Å². The van der Waals surface area contributed by atoms with E-state index in [1.54, 1.807) is 12.1 Å². The molecule has 1 aliphatic heterocycles. The Morgan fingerprint density at radius 1 is 1.32 bits per heavy atom. The first-order chi connectivity index (χ1) is 9.06. The number of hydrogen-bond donors (Lipinski definition) is 1. The second-order valence-electron chi connectivity index (χ2n) is 5.10. The fourth-order valence-corrected chi connectivity index (χ4v) is 3.79. The van der Waals surface area contributed by atoms with Gasteiger partial charge in [-0.15, -0.1) is 0 Å². The highest BCUT2D eigenvalue weighted by atomic mass is 32.2. The maximum absolute atomic E-state index is 11.9. The number of anilines is 1. The SMILES string of the molecule is CCCS(=O)(=O)c1ccc(N2CCC(CO)C2)cc1. The van der Waals surface area contributed by atoms with Crippen molar-refractivity contribution in [1.29, 1.82) is 0 Å². The summed E-state index contributed by atoms with van der Waals surface area (Å²) in [5.74, 6) is 0.534. The first-order valence-corrected chi connectivity index (χ1v) is 8.40. The Hall–Kier alpha value is -1.07. The monoisotopic (exact) mass is 283 g/mol. The number of rotatable bonds is 5. The van der Waals surface area contributed by atoms with Crippen LogP contribution in [0.2, 0.25) is 0 Å². The van der Waals surface area contributed by atoms with Gasteiger partial charge in [-0.3, -0.25) is 0 Å². The summed E-state index contributed by atoms with van der Waals surface area (Å²) < 4.78 is 23.8. The summed E-state index contributed by atoms with van der Waals surface area (Å²) in [6.07, 6.45) is 1.63. The van der Waals surface area contributed by atoms with E-state index in [0.717, 1.165) is 25.2 Å². The third kappa shape index (κ3) is 3.28. The zero-order valence-electron chi connectivity index (χ0n) is 11.2. The van der Waals surface area contributed by atoms with E-state index in [2.05, 4.69) is 4.90 Å². The highest BCUT2D eigenvalue weighted by Crippen LogP contribution is 2.25. The Morgan fingerprint density at radius 2 is 2.00 bits per heavy atom. The molecule has 2 rings (SSSR count). The fraction of sp³-hybridized carbons (Fsp3) is 0.571. The van der Waals surface area contributed by atoms with Crippen LogP contribution in [0.1, 0.15) is 19.8 Å². The second-order valence-corrected chi connectivity index (χ2v) is 7.21. The Morgan fingerprint density at radius 3 is 2.53 bits per heavy atom. The molecule has 1 unspecified atom stereocenters. The molecular formula is C14H21NO3S. The van der Waals surface area contributed by atoms with Crippen molar-refractivity contribution in [3.8, 4) is 0 Å². The van der Waals surface area contributed by atoms with E-state index in [9.17, 15) is 8.42 Å². The Balaban J connectivity index is 2.11. The Bertz CT molecular complexity index is 510. The minimum absolute atomic E-state index is 0.197. The van der Waals surface area contributed by atoms with Crippen LogP contribution >= 0.6 is 0 Å². The molecule has 1 aromatic rings. The maximum atomic E-state index is 11.9. The van der Waals surface area contributed by atoms with Gasteiger partial charge >= 0.3 is 0 Å². The minimum Gasteiger partial charge on any atom is -0.396 e. The lowest BCUT2D eigenvalue weighted by atomic mass is 10.1. The number of nitrogens with zero attached hydrogens (tertiary/aromatic N) is 1. The Labute approximate surface area is 115 Å². The molecule has 1 N–H and O–H groups in total. The molecule has 0 radical (unpaired) electrons. The molecule has 1 fully saturated rings. The molecule has 106 valence electrons. The van der Waals surface area contributed by atoms with Gasteiger partial charge < -0.3 is 10.0 Å². The highest BCUT2D eigenvalue weighted by molar-refractivity contribution is 7.91. The molecule has 0 amide bonds. The molecule has 1 aromatic carbocycles. The van der Waals surface area contributed by atoms with Gasteiger partial charge in [0.25, 0.3) is 0 Å². The molecule has 0 aromatic heterocycles. The van der Waals surface area contributed by atoms with Gasteiger partial charge in [-0.1, -0.05) is 6.92 Å². The van der Waals surface area contributed by atoms with Gasteiger partial charge in [0, 0.05) is 31.3 Å². The number of aliphatic hydroxyl groups is 1. The van der Waals surface area contributed by atoms with Crippen LogP contribution in [-0.4, -0.2) is 39.0 Å². The van der Waals surface area contributed by atoms with Gasteiger partial charge in [0.1, 0.15) is 0 Å². The standard InChI is InChI=1S/C14H21NO3S/c1-2-9-19(17,18)14-5-3-13(4-6-14)15-8-7-12(10-15)11-16/h3-6,12,16H,2,7-11H2,1H3.